The van der Waals surface area contributed by atoms with Crippen LogP contribution >= 0.6 is 11.6 Å². The summed E-state index contributed by atoms with van der Waals surface area (Å²) in [6, 6.07) is 16.4. The number of benzene rings is 2. The van der Waals surface area contributed by atoms with E-state index in [1.54, 1.807) is 0 Å². The number of hydrogen-bond acceptors (Lipinski definition) is 4. The van der Waals surface area contributed by atoms with Crippen molar-refractivity contribution >= 4 is 11.6 Å². The molecule has 0 radical (unpaired) electrons. The molecule has 0 saturated heterocycles. The minimum Gasteiger partial charge on any atom is -0.468 e. The van der Waals surface area contributed by atoms with E-state index in [4.69, 9.17) is 16.3 Å². The Morgan fingerprint density at radius 1 is 1.04 bits per heavy atom. The van der Waals surface area contributed by atoms with Crippen LogP contribution in [0.25, 0.3) is 11.3 Å². The molecular weight excluding hydrogens is 346 g/mol. The van der Waals surface area contributed by atoms with E-state index < -0.39 is 0 Å². The maximum Gasteiger partial charge on any atom is 0.226 e. The zero-order valence-corrected chi connectivity index (χ0v) is 15.5. The van der Waals surface area contributed by atoms with Crippen LogP contribution in [0.5, 0.6) is 5.88 Å². The van der Waals surface area contributed by atoms with Gasteiger partial charge in [-0.2, -0.15) is 4.98 Å². The fourth-order valence-electron chi connectivity index (χ4n) is 3.51. The van der Waals surface area contributed by atoms with Gasteiger partial charge in [-0.1, -0.05) is 42.5 Å². The predicted molar refractivity (Wildman–Crippen MR) is 103 cm³/mol. The first-order valence-corrected chi connectivity index (χ1v) is 9.06. The summed E-state index contributed by atoms with van der Waals surface area (Å²) in [5, 5.41) is 3.58. The molecule has 3 aromatic rings. The van der Waals surface area contributed by atoms with Crippen molar-refractivity contribution in [3.63, 3.8) is 0 Å². The van der Waals surface area contributed by atoms with Crippen molar-refractivity contribution in [2.24, 2.45) is 0 Å². The van der Waals surface area contributed by atoms with Crippen molar-refractivity contribution in [3.8, 4) is 17.1 Å². The van der Waals surface area contributed by atoms with E-state index in [0.717, 1.165) is 35.5 Å². The van der Waals surface area contributed by atoms with Crippen molar-refractivity contribution in [2.45, 2.75) is 26.5 Å². The van der Waals surface area contributed by atoms with E-state index in [1.165, 1.54) is 11.1 Å². The number of halogens is 1. The predicted octanol–water partition coefficient (Wildman–Crippen LogP) is 4.64. The van der Waals surface area contributed by atoms with Crippen LogP contribution in [-0.2, 0) is 6.54 Å². The van der Waals surface area contributed by atoms with Gasteiger partial charge in [-0.25, -0.2) is 4.98 Å². The second kappa shape index (κ2) is 7.06. The molecule has 2 aromatic carbocycles. The van der Waals surface area contributed by atoms with Gasteiger partial charge >= 0.3 is 0 Å². The van der Waals surface area contributed by atoms with Crippen LogP contribution in [0.3, 0.4) is 0 Å². The first kappa shape index (κ1) is 17.0. The lowest BCUT2D eigenvalue weighted by Gasteiger charge is -2.26. The Bertz CT molecular complexity index is 937. The highest BCUT2D eigenvalue weighted by molar-refractivity contribution is 6.28. The van der Waals surface area contributed by atoms with Crippen LogP contribution in [0.1, 0.15) is 28.4 Å². The number of nitrogens with one attached hydrogen (secondary N) is 1. The molecule has 0 aliphatic carbocycles. The summed E-state index contributed by atoms with van der Waals surface area (Å²) in [5.74, 6) is 0.492. The smallest absolute Gasteiger partial charge is 0.226 e. The number of ether oxygens (including phenoxy) is 1. The Kier molecular flexibility index (Phi) is 4.62. The molecule has 0 fully saturated rings. The molecule has 0 spiro atoms. The third-order valence-corrected chi connectivity index (χ3v) is 4.89. The van der Waals surface area contributed by atoms with Gasteiger partial charge in [0.2, 0.25) is 11.2 Å². The van der Waals surface area contributed by atoms with Gasteiger partial charge in [0.05, 0.1) is 5.69 Å². The highest BCUT2D eigenvalue weighted by Gasteiger charge is 2.22. The average Bonchev–Trinajstić information content (AvgIpc) is 2.61. The molecule has 0 amide bonds. The Hall–Kier alpha value is -2.43. The summed E-state index contributed by atoms with van der Waals surface area (Å²) in [4.78, 5) is 8.71. The highest BCUT2D eigenvalue weighted by atomic mass is 35.5. The van der Waals surface area contributed by atoms with E-state index >= 15 is 0 Å². The molecule has 1 aliphatic heterocycles. The quantitative estimate of drug-likeness (QED) is 0.687. The van der Waals surface area contributed by atoms with E-state index in [1.807, 2.05) is 24.3 Å². The first-order chi connectivity index (χ1) is 12.6. The normalized spacial score (nSPS) is 16.2. The van der Waals surface area contributed by atoms with Gasteiger partial charge in [0.15, 0.2) is 0 Å². The summed E-state index contributed by atoms with van der Waals surface area (Å²) in [7, 11) is 0. The van der Waals surface area contributed by atoms with Crippen molar-refractivity contribution < 1.29 is 4.74 Å². The van der Waals surface area contributed by atoms with E-state index in [0.29, 0.717) is 5.88 Å². The molecule has 26 heavy (non-hydrogen) atoms. The molecule has 4 rings (SSSR count). The van der Waals surface area contributed by atoms with Gasteiger partial charge in [0, 0.05) is 24.7 Å². The topological polar surface area (TPSA) is 47.0 Å². The summed E-state index contributed by atoms with van der Waals surface area (Å²) in [6.07, 6.45) is -0.100. The number of rotatable bonds is 3. The van der Waals surface area contributed by atoms with Crippen molar-refractivity contribution in [3.05, 3.63) is 76.1 Å². The van der Waals surface area contributed by atoms with Crippen LogP contribution in [0.15, 0.2) is 48.5 Å². The van der Waals surface area contributed by atoms with E-state index in [-0.39, 0.29) is 11.4 Å². The highest BCUT2D eigenvalue weighted by Crippen LogP contribution is 2.31. The number of aryl methyl sites for hydroxylation is 2. The van der Waals surface area contributed by atoms with E-state index in [9.17, 15) is 0 Å². The van der Waals surface area contributed by atoms with Crippen molar-refractivity contribution in [1.82, 2.24) is 15.3 Å². The van der Waals surface area contributed by atoms with Crippen LogP contribution < -0.4 is 10.1 Å². The van der Waals surface area contributed by atoms with Gasteiger partial charge in [-0.05, 0) is 47.7 Å². The summed E-state index contributed by atoms with van der Waals surface area (Å²) >= 11 is 6.20. The second-order valence-corrected chi connectivity index (χ2v) is 6.90. The van der Waals surface area contributed by atoms with Gasteiger partial charge in [0.1, 0.15) is 6.10 Å². The maximum absolute atomic E-state index is 6.21. The second-order valence-electron chi connectivity index (χ2n) is 6.56. The maximum atomic E-state index is 6.21. The molecule has 5 heteroatoms. The number of fused-ring (bicyclic) bond motifs is 1. The van der Waals surface area contributed by atoms with Gasteiger partial charge in [-0.3, -0.25) is 0 Å². The summed E-state index contributed by atoms with van der Waals surface area (Å²) in [6.45, 7) is 5.73. The molecule has 132 valence electrons. The summed E-state index contributed by atoms with van der Waals surface area (Å²) in [5.41, 5.74) is 6.59. The first-order valence-electron chi connectivity index (χ1n) is 8.68. The average molecular weight is 366 g/mol. The summed E-state index contributed by atoms with van der Waals surface area (Å²) < 4.78 is 6.21. The molecule has 1 aromatic heterocycles. The van der Waals surface area contributed by atoms with Gasteiger partial charge in [0.25, 0.3) is 0 Å². The Morgan fingerprint density at radius 2 is 1.81 bits per heavy atom. The third-order valence-electron chi connectivity index (χ3n) is 4.72. The standard InChI is InChI=1S/C21H20ClN3O/c1-13-6-5-7-14(2)20(13)17-10-19(25-21(22)24-17)26-18-12-23-11-15-8-3-4-9-16(15)18/h3-10,18,23H,11-12H2,1-2H3. The fraction of sp³-hybridized carbons (Fsp3) is 0.238. The third kappa shape index (κ3) is 3.30. The number of aromatic nitrogens is 2. The van der Waals surface area contributed by atoms with Crippen molar-refractivity contribution in [1.29, 1.82) is 0 Å². The molecular formula is C21H20ClN3O. The minimum absolute atomic E-state index is 0.100. The molecule has 2 heterocycles. The van der Waals surface area contributed by atoms with Crippen LogP contribution in [0, 0.1) is 13.8 Å². The number of hydrogen-bond donors (Lipinski definition) is 1. The SMILES string of the molecule is Cc1cccc(C)c1-c1cc(OC2CNCc3ccccc32)nc(Cl)n1. The lowest BCUT2D eigenvalue weighted by atomic mass is 9.98. The van der Waals surface area contributed by atoms with E-state index in [2.05, 4.69) is 53.4 Å². The Labute approximate surface area is 158 Å². The fourth-order valence-corrected chi connectivity index (χ4v) is 3.69. The van der Waals surface area contributed by atoms with Gasteiger partial charge in [-0.15, -0.1) is 0 Å². The number of nitrogens with zero attached hydrogens (tertiary/aromatic N) is 2. The Morgan fingerprint density at radius 3 is 2.62 bits per heavy atom. The molecule has 1 aliphatic rings. The largest absolute Gasteiger partial charge is 0.468 e. The molecule has 4 nitrogen and oxygen atoms in total. The zero-order valence-electron chi connectivity index (χ0n) is 14.8. The lowest BCUT2D eigenvalue weighted by Crippen LogP contribution is -2.31. The van der Waals surface area contributed by atoms with Crippen LogP contribution in [0.4, 0.5) is 0 Å². The van der Waals surface area contributed by atoms with Crippen LogP contribution in [0.2, 0.25) is 5.28 Å². The Balaban J connectivity index is 1.70. The van der Waals surface area contributed by atoms with Crippen molar-refractivity contribution in [2.75, 3.05) is 6.54 Å². The molecule has 1 N–H and O–H groups in total. The lowest BCUT2D eigenvalue weighted by molar-refractivity contribution is 0.183. The van der Waals surface area contributed by atoms with Crippen LogP contribution in [-0.4, -0.2) is 16.5 Å². The molecule has 0 bridgehead atoms. The molecule has 0 saturated carbocycles. The monoisotopic (exact) mass is 365 g/mol. The zero-order chi connectivity index (χ0) is 18.1. The van der Waals surface area contributed by atoms with Gasteiger partial charge < -0.3 is 10.1 Å². The minimum atomic E-state index is -0.100. The molecule has 1 atom stereocenters. The molecule has 1 unspecified atom stereocenters.